The zero-order chi connectivity index (χ0) is 18.7. The first-order valence-corrected chi connectivity index (χ1v) is 7.98. The first-order valence-electron chi connectivity index (χ1n) is 7.18. The summed E-state index contributed by atoms with van der Waals surface area (Å²) in [6.07, 6.45) is 1.08. The fourth-order valence-electron chi connectivity index (χ4n) is 2.15. The molecule has 132 valence electrons. The molecule has 0 aliphatic heterocycles. The fraction of sp³-hybridized carbons (Fsp3) is 0. The molecule has 0 aliphatic carbocycles. The number of rotatable bonds is 5. The summed E-state index contributed by atoms with van der Waals surface area (Å²) in [5.41, 5.74) is -0.247. The van der Waals surface area contributed by atoms with Crippen molar-refractivity contribution in [3.05, 3.63) is 75.0 Å². The lowest BCUT2D eigenvalue weighted by atomic mass is 10.3. The predicted molar refractivity (Wildman–Crippen MR) is 95.8 cm³/mol. The van der Waals surface area contributed by atoms with Gasteiger partial charge in [-0.25, -0.2) is 18.7 Å². The van der Waals surface area contributed by atoms with E-state index in [0.29, 0.717) is 10.2 Å². The van der Waals surface area contributed by atoms with Gasteiger partial charge < -0.3 is 10.6 Å². The smallest absolute Gasteiger partial charge is 0.333 e. The van der Waals surface area contributed by atoms with Gasteiger partial charge in [0.1, 0.15) is 18.0 Å². The van der Waals surface area contributed by atoms with Crippen LogP contribution >= 0.6 is 15.9 Å². The molecular formula is C16H10BrF2N5O2. The molecule has 1 heterocycles. The summed E-state index contributed by atoms with van der Waals surface area (Å²) in [6, 6.07) is 9.68. The van der Waals surface area contributed by atoms with Gasteiger partial charge in [-0.2, -0.15) is 0 Å². The number of nitro groups is 1. The highest BCUT2D eigenvalue weighted by atomic mass is 79.9. The van der Waals surface area contributed by atoms with E-state index in [1.807, 2.05) is 0 Å². The summed E-state index contributed by atoms with van der Waals surface area (Å²) in [4.78, 5) is 18.5. The standard InChI is InChI=1S/C16H10BrF2N5O2/c17-10-3-1-2-4-12(10)22-15-14(24(25)26)16(21-8-20-15)23-13-7-9(18)5-6-11(13)19/h1-8H,(H2,20,21,22,23). The first-order chi connectivity index (χ1) is 12.5. The molecule has 0 atom stereocenters. The molecule has 1 aromatic heterocycles. The zero-order valence-corrected chi connectivity index (χ0v) is 14.5. The number of para-hydroxylation sites is 1. The monoisotopic (exact) mass is 421 g/mol. The third-order valence-electron chi connectivity index (χ3n) is 3.31. The molecule has 3 aromatic rings. The van der Waals surface area contributed by atoms with Gasteiger partial charge in [0.25, 0.3) is 0 Å². The average molecular weight is 422 g/mol. The van der Waals surface area contributed by atoms with Gasteiger partial charge in [-0.1, -0.05) is 12.1 Å². The molecule has 0 aliphatic rings. The normalized spacial score (nSPS) is 10.4. The molecule has 3 rings (SSSR count). The minimum atomic E-state index is -0.778. The molecule has 7 nitrogen and oxygen atoms in total. The van der Waals surface area contributed by atoms with Gasteiger partial charge in [0, 0.05) is 10.5 Å². The third-order valence-corrected chi connectivity index (χ3v) is 4.00. The highest BCUT2D eigenvalue weighted by Crippen LogP contribution is 2.35. The number of halogens is 3. The van der Waals surface area contributed by atoms with Crippen molar-refractivity contribution in [1.29, 1.82) is 0 Å². The molecule has 26 heavy (non-hydrogen) atoms. The van der Waals surface area contributed by atoms with E-state index >= 15 is 0 Å². The lowest BCUT2D eigenvalue weighted by molar-refractivity contribution is -0.383. The molecule has 0 radical (unpaired) electrons. The quantitative estimate of drug-likeness (QED) is 0.448. The Morgan fingerprint density at radius 3 is 2.31 bits per heavy atom. The van der Waals surface area contributed by atoms with Crippen molar-refractivity contribution in [3.63, 3.8) is 0 Å². The van der Waals surface area contributed by atoms with Crippen LogP contribution in [0.1, 0.15) is 0 Å². The van der Waals surface area contributed by atoms with Crippen molar-refractivity contribution in [2.45, 2.75) is 0 Å². The van der Waals surface area contributed by atoms with Crippen LogP contribution in [0.4, 0.5) is 37.5 Å². The Balaban J connectivity index is 2.03. The number of benzene rings is 2. The maximum Gasteiger partial charge on any atom is 0.353 e. The Morgan fingerprint density at radius 2 is 1.65 bits per heavy atom. The van der Waals surface area contributed by atoms with Gasteiger partial charge in [0.15, 0.2) is 0 Å². The number of hydrogen-bond acceptors (Lipinski definition) is 6. The minimum absolute atomic E-state index is 0.101. The van der Waals surface area contributed by atoms with Crippen LogP contribution in [0.2, 0.25) is 0 Å². The maximum absolute atomic E-state index is 13.8. The Hall–Kier alpha value is -3.14. The second kappa shape index (κ2) is 7.40. The number of hydrogen-bond donors (Lipinski definition) is 2. The van der Waals surface area contributed by atoms with Crippen LogP contribution < -0.4 is 10.6 Å². The van der Waals surface area contributed by atoms with Gasteiger partial charge in [-0.05, 0) is 40.2 Å². The van der Waals surface area contributed by atoms with Crippen molar-refractivity contribution in [1.82, 2.24) is 9.97 Å². The van der Waals surface area contributed by atoms with E-state index in [9.17, 15) is 18.9 Å². The van der Waals surface area contributed by atoms with Crippen molar-refractivity contribution in [3.8, 4) is 0 Å². The maximum atomic E-state index is 13.8. The van der Waals surface area contributed by atoms with Crippen LogP contribution in [0, 0.1) is 21.7 Å². The van der Waals surface area contributed by atoms with E-state index in [0.717, 1.165) is 24.5 Å². The van der Waals surface area contributed by atoms with E-state index in [-0.39, 0.29) is 17.3 Å². The fourth-order valence-corrected chi connectivity index (χ4v) is 2.53. The predicted octanol–water partition coefficient (Wildman–Crippen LogP) is 4.91. The molecule has 0 fully saturated rings. The molecule has 0 unspecified atom stereocenters. The van der Waals surface area contributed by atoms with E-state index < -0.39 is 22.2 Å². The highest BCUT2D eigenvalue weighted by molar-refractivity contribution is 9.10. The summed E-state index contributed by atoms with van der Waals surface area (Å²) in [7, 11) is 0. The molecule has 0 bridgehead atoms. The molecule has 2 N–H and O–H groups in total. The molecule has 0 spiro atoms. The van der Waals surface area contributed by atoms with E-state index in [1.54, 1.807) is 24.3 Å². The van der Waals surface area contributed by atoms with Gasteiger partial charge in [0.05, 0.1) is 16.3 Å². The molecule has 0 amide bonds. The van der Waals surface area contributed by atoms with Crippen LogP contribution in [0.5, 0.6) is 0 Å². The SMILES string of the molecule is O=[N+]([O-])c1c(Nc2cc(F)ccc2F)ncnc1Nc1ccccc1Br. The van der Waals surface area contributed by atoms with Crippen molar-refractivity contribution >= 4 is 44.6 Å². The molecule has 0 saturated heterocycles. The summed E-state index contributed by atoms with van der Waals surface area (Å²) >= 11 is 3.32. The molecule has 0 saturated carbocycles. The van der Waals surface area contributed by atoms with E-state index in [1.165, 1.54) is 0 Å². The summed E-state index contributed by atoms with van der Waals surface area (Å²) in [6.45, 7) is 0. The van der Waals surface area contributed by atoms with E-state index in [2.05, 4.69) is 36.5 Å². The van der Waals surface area contributed by atoms with Crippen LogP contribution in [0.15, 0.2) is 53.3 Å². The Morgan fingerprint density at radius 1 is 1.00 bits per heavy atom. The van der Waals surface area contributed by atoms with Crippen LogP contribution in [-0.4, -0.2) is 14.9 Å². The van der Waals surface area contributed by atoms with Gasteiger partial charge >= 0.3 is 5.69 Å². The molecule has 2 aromatic carbocycles. The molecule has 10 heteroatoms. The second-order valence-electron chi connectivity index (χ2n) is 5.03. The van der Waals surface area contributed by atoms with Gasteiger partial charge in [-0.3, -0.25) is 10.1 Å². The van der Waals surface area contributed by atoms with Crippen molar-refractivity contribution in [2.24, 2.45) is 0 Å². The number of aromatic nitrogens is 2. The largest absolute Gasteiger partial charge is 0.353 e. The second-order valence-corrected chi connectivity index (χ2v) is 5.88. The topological polar surface area (TPSA) is 93.0 Å². The zero-order valence-electron chi connectivity index (χ0n) is 12.9. The minimum Gasteiger partial charge on any atom is -0.333 e. The summed E-state index contributed by atoms with van der Waals surface area (Å²) < 4.78 is 27.8. The van der Waals surface area contributed by atoms with Crippen molar-refractivity contribution < 1.29 is 13.7 Å². The van der Waals surface area contributed by atoms with Gasteiger partial charge in [0.2, 0.25) is 11.6 Å². The Kier molecular flexibility index (Phi) is 5.03. The number of anilines is 4. The Bertz CT molecular complexity index is 987. The summed E-state index contributed by atoms with van der Waals surface area (Å²) in [5.74, 6) is -1.85. The van der Waals surface area contributed by atoms with Crippen LogP contribution in [0.25, 0.3) is 0 Å². The lowest BCUT2D eigenvalue weighted by Crippen LogP contribution is -2.06. The number of nitrogens with one attached hydrogen (secondary N) is 2. The first kappa shape index (κ1) is 17.7. The van der Waals surface area contributed by atoms with E-state index in [4.69, 9.17) is 0 Å². The Labute approximate surface area is 154 Å². The average Bonchev–Trinajstić information content (AvgIpc) is 2.60. The van der Waals surface area contributed by atoms with Crippen LogP contribution in [-0.2, 0) is 0 Å². The summed E-state index contributed by atoms with van der Waals surface area (Å²) in [5, 5.41) is 16.8. The van der Waals surface area contributed by atoms with Crippen molar-refractivity contribution in [2.75, 3.05) is 10.6 Å². The number of nitrogens with zero attached hydrogens (tertiary/aromatic N) is 3. The molecular weight excluding hydrogens is 412 g/mol. The third kappa shape index (κ3) is 3.75. The lowest BCUT2D eigenvalue weighted by Gasteiger charge is -2.11. The van der Waals surface area contributed by atoms with Crippen LogP contribution in [0.3, 0.4) is 0 Å². The highest BCUT2D eigenvalue weighted by Gasteiger charge is 2.24. The van der Waals surface area contributed by atoms with Gasteiger partial charge in [-0.15, -0.1) is 0 Å².